The predicted octanol–water partition coefficient (Wildman–Crippen LogP) is 4.07. The fourth-order valence-electron chi connectivity index (χ4n) is 3.95. The Labute approximate surface area is 193 Å². The van der Waals surface area contributed by atoms with Gasteiger partial charge in [0.2, 0.25) is 5.67 Å². The number of hydrogen-bond acceptors (Lipinski definition) is 6. The lowest BCUT2D eigenvalue weighted by molar-refractivity contribution is 0.0150. The van der Waals surface area contributed by atoms with E-state index in [4.69, 9.17) is 21.1 Å². The fourth-order valence-corrected chi connectivity index (χ4v) is 5.69. The first-order chi connectivity index (χ1) is 15.7. The van der Waals surface area contributed by atoms with Crippen LogP contribution < -0.4 is 0 Å². The topological polar surface area (TPSA) is 90.7 Å². The van der Waals surface area contributed by atoms with Crippen molar-refractivity contribution in [2.45, 2.75) is 10.6 Å². The second-order valence-corrected chi connectivity index (χ2v) is 9.43. The van der Waals surface area contributed by atoms with E-state index in [2.05, 4.69) is 4.98 Å². The summed E-state index contributed by atoms with van der Waals surface area (Å²) in [4.78, 5) is 3.80. The number of allylic oxidation sites excluding steroid dienone is 2. The molecule has 174 valence electrons. The summed E-state index contributed by atoms with van der Waals surface area (Å²) in [5.74, 6) is -3.71. The van der Waals surface area contributed by atoms with Gasteiger partial charge in [0.1, 0.15) is 10.9 Å². The molecule has 2 aromatic heterocycles. The van der Waals surface area contributed by atoms with Crippen LogP contribution in [0.1, 0.15) is 5.69 Å². The van der Waals surface area contributed by atoms with Gasteiger partial charge in [-0.1, -0.05) is 29.8 Å². The van der Waals surface area contributed by atoms with Gasteiger partial charge in [0.05, 0.1) is 49.0 Å². The van der Waals surface area contributed by atoms with E-state index in [1.807, 2.05) is 0 Å². The molecule has 2 heterocycles. The molecule has 0 saturated heterocycles. The van der Waals surface area contributed by atoms with Crippen molar-refractivity contribution < 1.29 is 31.8 Å². The van der Waals surface area contributed by atoms with Crippen molar-refractivity contribution in [3.05, 3.63) is 82.9 Å². The van der Waals surface area contributed by atoms with Crippen LogP contribution in [-0.2, 0) is 25.2 Å². The van der Waals surface area contributed by atoms with Crippen LogP contribution in [0.25, 0.3) is 10.9 Å². The summed E-state index contributed by atoms with van der Waals surface area (Å²) in [6.07, 6.45) is 2.18. The molecule has 4 rings (SSSR count). The largest absolute Gasteiger partial charge is 0.497 e. The minimum atomic E-state index is -4.39. The van der Waals surface area contributed by atoms with Crippen molar-refractivity contribution in [1.82, 2.24) is 8.96 Å². The van der Waals surface area contributed by atoms with Gasteiger partial charge in [-0.25, -0.2) is 26.2 Å². The average Bonchev–Trinajstić information content (AvgIpc) is 3.20. The minimum Gasteiger partial charge on any atom is -0.497 e. The predicted molar refractivity (Wildman–Crippen MR) is 117 cm³/mol. The second kappa shape index (κ2) is 8.44. The van der Waals surface area contributed by atoms with Crippen LogP contribution in [-0.4, -0.2) is 43.3 Å². The van der Waals surface area contributed by atoms with E-state index in [1.165, 1.54) is 49.7 Å². The molecule has 33 heavy (non-hydrogen) atoms. The summed E-state index contributed by atoms with van der Waals surface area (Å²) in [6, 6.07) is 9.95. The molecular weight excluding hydrogens is 478 g/mol. The summed E-state index contributed by atoms with van der Waals surface area (Å²) in [5.41, 5.74) is -3.38. The van der Waals surface area contributed by atoms with Crippen LogP contribution in [0.3, 0.4) is 0 Å². The molecule has 0 fully saturated rings. The van der Waals surface area contributed by atoms with E-state index in [0.29, 0.717) is 0 Å². The fraction of sp³-hybridized carbons (Fsp3) is 0.227. The zero-order valence-electron chi connectivity index (χ0n) is 17.5. The molecule has 2 unspecified atom stereocenters. The number of benzene rings is 1. The molecule has 0 radical (unpaired) electrons. The molecule has 3 aromatic rings. The number of ether oxygens (including phenoxy) is 2. The molecule has 1 aliphatic carbocycles. The summed E-state index contributed by atoms with van der Waals surface area (Å²) in [7, 11) is -2.06. The highest BCUT2D eigenvalue weighted by atomic mass is 35.5. The number of aliphatic hydroxyl groups excluding tert-OH is 1. The molecule has 1 N–H and O–H groups in total. The number of aromatic nitrogens is 2. The van der Waals surface area contributed by atoms with Crippen LogP contribution in [0.5, 0.6) is 0 Å². The third-order valence-electron chi connectivity index (χ3n) is 5.53. The number of fused-ring (bicyclic) bond motifs is 1. The van der Waals surface area contributed by atoms with Crippen molar-refractivity contribution in [3.63, 3.8) is 0 Å². The second-order valence-electron chi connectivity index (χ2n) is 7.25. The smallest absolute Gasteiger partial charge is 0.268 e. The lowest BCUT2D eigenvalue weighted by atomic mass is 9.80. The quantitative estimate of drug-likeness (QED) is 0.517. The molecule has 0 aliphatic heterocycles. The third-order valence-corrected chi connectivity index (χ3v) is 7.48. The van der Waals surface area contributed by atoms with Crippen molar-refractivity contribution >= 4 is 32.5 Å². The van der Waals surface area contributed by atoms with Crippen molar-refractivity contribution in [2.75, 3.05) is 20.8 Å². The number of alkyl halides is 1. The van der Waals surface area contributed by atoms with Gasteiger partial charge in [-0.15, -0.1) is 0 Å². The zero-order chi connectivity index (χ0) is 24.0. The van der Waals surface area contributed by atoms with Gasteiger partial charge < -0.3 is 14.6 Å². The van der Waals surface area contributed by atoms with Crippen LogP contribution in [0.4, 0.5) is 8.78 Å². The number of aliphatic hydroxyl groups is 1. The number of methoxy groups -OCH3 is 2. The van der Waals surface area contributed by atoms with Gasteiger partial charge in [-0.05, 0) is 24.3 Å². The Kier molecular flexibility index (Phi) is 5.94. The molecule has 0 bridgehead atoms. The van der Waals surface area contributed by atoms with Gasteiger partial charge in [0, 0.05) is 11.5 Å². The lowest BCUT2D eigenvalue weighted by Crippen LogP contribution is -2.41. The maximum absolute atomic E-state index is 17.0. The SMILES string of the molecule is COC1=CC(OC)=C(F)C(CO)C1(F)c1cc2cc(Cl)ncc2n1S(=O)(=O)c1ccccc1. The average molecular weight is 497 g/mol. The van der Waals surface area contributed by atoms with E-state index in [1.54, 1.807) is 6.07 Å². The molecule has 0 saturated carbocycles. The summed E-state index contributed by atoms with van der Waals surface area (Å²) in [6.45, 7) is -0.998. The number of pyridine rings is 1. The molecule has 0 amide bonds. The van der Waals surface area contributed by atoms with Gasteiger partial charge in [-0.3, -0.25) is 0 Å². The Morgan fingerprint density at radius 3 is 2.52 bits per heavy atom. The van der Waals surface area contributed by atoms with Gasteiger partial charge in [0.25, 0.3) is 10.0 Å². The number of halogens is 3. The normalized spacial score (nSPS) is 21.3. The lowest BCUT2D eigenvalue weighted by Gasteiger charge is -2.36. The molecule has 1 aromatic carbocycles. The summed E-state index contributed by atoms with van der Waals surface area (Å²) in [5, 5.41) is 10.3. The summed E-state index contributed by atoms with van der Waals surface area (Å²) < 4.78 is 70.4. The third kappa shape index (κ3) is 3.49. The molecular formula is C22H19ClF2N2O5S. The maximum atomic E-state index is 17.0. The van der Waals surface area contributed by atoms with Crippen molar-refractivity contribution in [3.8, 4) is 0 Å². The Balaban J connectivity index is 2.11. The van der Waals surface area contributed by atoms with Crippen molar-refractivity contribution in [1.29, 1.82) is 0 Å². The highest BCUT2D eigenvalue weighted by Crippen LogP contribution is 2.50. The number of nitrogens with zero attached hydrogens (tertiary/aromatic N) is 2. The Morgan fingerprint density at radius 2 is 1.91 bits per heavy atom. The zero-order valence-corrected chi connectivity index (χ0v) is 19.1. The Hall–Kier alpha value is -2.95. The Morgan fingerprint density at radius 1 is 1.21 bits per heavy atom. The number of rotatable bonds is 6. The number of hydrogen-bond donors (Lipinski definition) is 1. The van der Waals surface area contributed by atoms with Crippen LogP contribution >= 0.6 is 11.6 Å². The molecule has 2 atom stereocenters. The monoisotopic (exact) mass is 496 g/mol. The standard InChI is InChI=1S/C22H19ClF2N2O5S/c1-31-17-10-19(32-2)22(25,15(12-28)21(17)24)18-8-13-9-20(23)26-11-16(13)27(18)33(29,30)14-6-4-3-5-7-14/h3-11,15,28H,12H2,1-2H3. The van der Waals surface area contributed by atoms with Gasteiger partial charge in [0.15, 0.2) is 11.6 Å². The molecule has 0 spiro atoms. The first-order valence-corrected chi connectivity index (χ1v) is 11.5. The van der Waals surface area contributed by atoms with E-state index in [0.717, 1.165) is 17.2 Å². The van der Waals surface area contributed by atoms with E-state index < -0.39 is 45.5 Å². The first-order valence-electron chi connectivity index (χ1n) is 9.67. The first kappa shape index (κ1) is 23.2. The van der Waals surface area contributed by atoms with E-state index >= 15 is 8.78 Å². The minimum absolute atomic E-state index is 0.0179. The van der Waals surface area contributed by atoms with Crippen LogP contribution in [0, 0.1) is 5.92 Å². The van der Waals surface area contributed by atoms with Gasteiger partial charge in [-0.2, -0.15) is 0 Å². The van der Waals surface area contributed by atoms with Crippen LogP contribution in [0.2, 0.25) is 5.15 Å². The molecule has 11 heteroatoms. The van der Waals surface area contributed by atoms with Crippen molar-refractivity contribution in [2.24, 2.45) is 5.92 Å². The molecule has 7 nitrogen and oxygen atoms in total. The summed E-state index contributed by atoms with van der Waals surface area (Å²) >= 11 is 5.98. The van der Waals surface area contributed by atoms with Crippen LogP contribution in [0.15, 0.2) is 77.0 Å². The van der Waals surface area contributed by atoms with E-state index in [9.17, 15) is 13.5 Å². The molecule has 1 aliphatic rings. The van der Waals surface area contributed by atoms with Gasteiger partial charge >= 0.3 is 0 Å². The maximum Gasteiger partial charge on any atom is 0.268 e. The highest BCUT2D eigenvalue weighted by Gasteiger charge is 2.54. The Bertz CT molecular complexity index is 1390. The van der Waals surface area contributed by atoms with E-state index in [-0.39, 0.29) is 26.7 Å². The highest BCUT2D eigenvalue weighted by molar-refractivity contribution is 7.90.